The number of halogens is 1. The molecule has 15 heavy (non-hydrogen) atoms. The van der Waals surface area contributed by atoms with Crippen molar-refractivity contribution in [3.8, 4) is 0 Å². The molecule has 84 valence electrons. The Kier molecular flexibility index (Phi) is 2.19. The molecule has 2 aliphatic rings. The number of nitrogens with zero attached hydrogens (tertiary/aromatic N) is 1. The molecule has 1 amide bonds. The molecule has 4 nitrogen and oxygen atoms in total. The third-order valence-corrected chi connectivity index (χ3v) is 6.42. The second-order valence-corrected chi connectivity index (χ2v) is 7.23. The Bertz CT molecular complexity index is 359. The molecule has 1 N–H and O–H groups in total. The predicted molar refractivity (Wildman–Crippen MR) is 61.1 cm³/mol. The van der Waals surface area contributed by atoms with Gasteiger partial charge in [0.2, 0.25) is 5.91 Å². The normalized spacial score (nSPS) is 42.4. The summed E-state index contributed by atoms with van der Waals surface area (Å²) in [5, 5.41) is 9.26. The highest BCUT2D eigenvalue weighted by molar-refractivity contribution is 9.10. The number of hydrogen-bond acceptors (Lipinski definition) is 3. The van der Waals surface area contributed by atoms with Crippen LogP contribution in [-0.2, 0) is 9.59 Å². The largest absolute Gasteiger partial charge is 0.479 e. The Balaban J connectivity index is 2.46. The van der Waals surface area contributed by atoms with Crippen LogP contribution in [0.4, 0.5) is 0 Å². The van der Waals surface area contributed by atoms with Gasteiger partial charge in [-0.1, -0.05) is 15.9 Å². The third kappa shape index (κ3) is 1.09. The maximum Gasteiger partial charge on any atom is 0.330 e. The predicted octanol–water partition coefficient (Wildman–Crippen LogP) is 1.29. The molecule has 0 bridgehead atoms. The van der Waals surface area contributed by atoms with E-state index in [1.807, 2.05) is 13.8 Å². The lowest BCUT2D eigenvalue weighted by molar-refractivity contribution is -0.165. The molecule has 2 aliphatic heterocycles. The van der Waals surface area contributed by atoms with Crippen LogP contribution in [0, 0.1) is 0 Å². The van der Waals surface area contributed by atoms with E-state index in [0.717, 1.165) is 0 Å². The van der Waals surface area contributed by atoms with E-state index >= 15 is 0 Å². The number of carbonyl (C=O) groups excluding carboxylic acids is 1. The van der Waals surface area contributed by atoms with E-state index in [-0.39, 0.29) is 16.1 Å². The number of aliphatic carboxylic acids is 1. The Morgan fingerprint density at radius 3 is 2.53 bits per heavy atom. The van der Waals surface area contributed by atoms with Crippen molar-refractivity contribution in [3.05, 3.63) is 0 Å². The molecule has 0 spiro atoms. The Morgan fingerprint density at radius 1 is 1.53 bits per heavy atom. The lowest BCUT2D eigenvalue weighted by Gasteiger charge is -2.46. The number of alkyl halides is 1. The van der Waals surface area contributed by atoms with Crippen molar-refractivity contribution in [2.24, 2.45) is 0 Å². The van der Waals surface area contributed by atoms with Gasteiger partial charge < -0.3 is 10.0 Å². The van der Waals surface area contributed by atoms with Gasteiger partial charge in [-0.05, 0) is 20.8 Å². The van der Waals surface area contributed by atoms with Gasteiger partial charge in [-0.3, -0.25) is 4.79 Å². The first-order chi connectivity index (χ1) is 6.73. The maximum absolute atomic E-state index is 11.7. The zero-order valence-electron chi connectivity index (χ0n) is 8.65. The van der Waals surface area contributed by atoms with Crippen LogP contribution in [0.15, 0.2) is 0 Å². The molecular formula is C9H12BrNO3S. The molecule has 0 aromatic carbocycles. The van der Waals surface area contributed by atoms with Crippen LogP contribution < -0.4 is 0 Å². The minimum absolute atomic E-state index is 0.0476. The fourth-order valence-corrected chi connectivity index (χ4v) is 4.54. The van der Waals surface area contributed by atoms with Crippen LogP contribution in [-0.4, -0.2) is 42.4 Å². The standard InChI is InChI=1S/C9H12BrNO3S/c1-8(2)9(3,7(13)14)11-5(12)4(10)6(11)15-8/h4,6H,1-3H3,(H,13,14)/t4-,6+,9-/m0/s1. The molecule has 6 heteroatoms. The number of fused-ring (bicyclic) bond motifs is 1. The van der Waals surface area contributed by atoms with Crippen LogP contribution in [0.25, 0.3) is 0 Å². The van der Waals surface area contributed by atoms with E-state index in [9.17, 15) is 14.7 Å². The molecular weight excluding hydrogens is 282 g/mol. The molecule has 2 rings (SSSR count). The molecule has 0 unspecified atom stereocenters. The first kappa shape index (κ1) is 11.3. The molecule has 0 radical (unpaired) electrons. The average molecular weight is 294 g/mol. The Morgan fingerprint density at radius 2 is 2.07 bits per heavy atom. The lowest BCUT2D eigenvalue weighted by Crippen LogP contribution is -2.69. The molecule has 0 saturated carbocycles. The highest BCUT2D eigenvalue weighted by Gasteiger charge is 2.69. The highest BCUT2D eigenvalue weighted by atomic mass is 79.9. The third-order valence-electron chi connectivity index (χ3n) is 3.46. The topological polar surface area (TPSA) is 57.6 Å². The fraction of sp³-hybridized carbons (Fsp3) is 0.778. The summed E-state index contributed by atoms with van der Waals surface area (Å²) in [6.07, 6.45) is 0. The van der Waals surface area contributed by atoms with E-state index in [1.165, 1.54) is 4.90 Å². The fourth-order valence-electron chi connectivity index (χ4n) is 2.08. The second-order valence-electron chi connectivity index (χ2n) is 4.51. The minimum atomic E-state index is -1.11. The molecule has 0 aliphatic carbocycles. The molecule has 0 aromatic heterocycles. The van der Waals surface area contributed by atoms with Gasteiger partial charge in [-0.2, -0.15) is 0 Å². The van der Waals surface area contributed by atoms with Crippen molar-refractivity contribution in [2.45, 2.75) is 41.3 Å². The first-order valence-corrected chi connectivity index (χ1v) is 6.41. The van der Waals surface area contributed by atoms with E-state index in [0.29, 0.717) is 0 Å². The molecule has 3 atom stereocenters. The zero-order valence-corrected chi connectivity index (χ0v) is 11.1. The highest BCUT2D eigenvalue weighted by Crippen LogP contribution is 2.58. The van der Waals surface area contributed by atoms with Crippen molar-refractivity contribution in [3.63, 3.8) is 0 Å². The summed E-state index contributed by atoms with van der Waals surface area (Å²) in [5.41, 5.74) is -1.11. The van der Waals surface area contributed by atoms with E-state index in [4.69, 9.17) is 0 Å². The van der Waals surface area contributed by atoms with E-state index in [1.54, 1.807) is 18.7 Å². The van der Waals surface area contributed by atoms with Crippen molar-refractivity contribution >= 4 is 39.6 Å². The van der Waals surface area contributed by atoms with Gasteiger partial charge in [0, 0.05) is 4.75 Å². The van der Waals surface area contributed by atoms with Gasteiger partial charge in [-0.25, -0.2) is 4.79 Å². The molecule has 0 aromatic rings. The van der Waals surface area contributed by atoms with Crippen molar-refractivity contribution < 1.29 is 14.7 Å². The Hall–Kier alpha value is -0.230. The summed E-state index contributed by atoms with van der Waals surface area (Å²) in [7, 11) is 0. The molecule has 2 saturated heterocycles. The minimum Gasteiger partial charge on any atom is -0.479 e. The summed E-state index contributed by atoms with van der Waals surface area (Å²) in [6.45, 7) is 5.37. The summed E-state index contributed by atoms with van der Waals surface area (Å²) >= 11 is 4.82. The number of β-lactam (4-membered cyclic amide) rings is 1. The monoisotopic (exact) mass is 293 g/mol. The molecule has 2 fully saturated rings. The van der Waals surface area contributed by atoms with Gasteiger partial charge in [0.25, 0.3) is 0 Å². The van der Waals surface area contributed by atoms with Crippen LogP contribution in [0.5, 0.6) is 0 Å². The van der Waals surface area contributed by atoms with Crippen LogP contribution >= 0.6 is 27.7 Å². The number of hydrogen-bond donors (Lipinski definition) is 1. The van der Waals surface area contributed by atoms with E-state index in [2.05, 4.69) is 15.9 Å². The first-order valence-electron chi connectivity index (χ1n) is 4.62. The number of rotatable bonds is 1. The SMILES string of the molecule is CC1(C)S[C@@H]2[C@@H](Br)C(=O)N2[C@@]1(C)C(=O)O. The van der Waals surface area contributed by atoms with Gasteiger partial charge >= 0.3 is 5.97 Å². The van der Waals surface area contributed by atoms with E-state index < -0.39 is 16.3 Å². The number of amides is 1. The summed E-state index contributed by atoms with van der Waals surface area (Å²) in [5.74, 6) is -1.06. The number of carbonyl (C=O) groups is 2. The Labute approximate surface area is 101 Å². The molecule has 2 heterocycles. The number of carboxylic acids is 1. The number of thioether (sulfide) groups is 1. The lowest BCUT2D eigenvalue weighted by atomic mass is 9.83. The van der Waals surface area contributed by atoms with Gasteiger partial charge in [0.1, 0.15) is 10.2 Å². The van der Waals surface area contributed by atoms with Gasteiger partial charge in [0.15, 0.2) is 5.54 Å². The van der Waals surface area contributed by atoms with Crippen molar-refractivity contribution in [2.75, 3.05) is 0 Å². The smallest absolute Gasteiger partial charge is 0.330 e. The summed E-state index contributed by atoms with van der Waals surface area (Å²) in [4.78, 5) is 24.3. The van der Waals surface area contributed by atoms with Crippen LogP contribution in [0.3, 0.4) is 0 Å². The summed E-state index contributed by atoms with van der Waals surface area (Å²) in [6, 6.07) is 0. The number of carboxylic acid groups (broad SMARTS) is 1. The van der Waals surface area contributed by atoms with Crippen molar-refractivity contribution in [1.82, 2.24) is 4.90 Å². The van der Waals surface area contributed by atoms with Crippen LogP contribution in [0.1, 0.15) is 20.8 Å². The zero-order chi connectivity index (χ0) is 11.6. The van der Waals surface area contributed by atoms with Crippen LogP contribution in [0.2, 0.25) is 0 Å². The van der Waals surface area contributed by atoms with Gasteiger partial charge in [0.05, 0.1) is 0 Å². The quantitative estimate of drug-likeness (QED) is 0.585. The second kappa shape index (κ2) is 2.91. The van der Waals surface area contributed by atoms with Gasteiger partial charge in [-0.15, -0.1) is 11.8 Å². The maximum atomic E-state index is 11.7. The van der Waals surface area contributed by atoms with Crippen molar-refractivity contribution in [1.29, 1.82) is 0 Å². The summed E-state index contributed by atoms with van der Waals surface area (Å²) < 4.78 is -0.471. The average Bonchev–Trinajstić information content (AvgIpc) is 2.33.